The van der Waals surface area contributed by atoms with E-state index in [0.29, 0.717) is 29.2 Å². The zero-order valence-electron chi connectivity index (χ0n) is 27.5. The Hall–Kier alpha value is -3.92. The highest BCUT2D eigenvalue weighted by molar-refractivity contribution is 5.59. The van der Waals surface area contributed by atoms with Gasteiger partial charge < -0.3 is 9.47 Å². The summed E-state index contributed by atoms with van der Waals surface area (Å²) < 4.78 is 10.9. The fourth-order valence-electron chi connectivity index (χ4n) is 4.06. The molecule has 4 heteroatoms. The summed E-state index contributed by atoms with van der Waals surface area (Å²) in [5, 5.41) is 8.57. The van der Waals surface area contributed by atoms with Gasteiger partial charge in [-0.15, -0.1) is 5.11 Å². The summed E-state index contributed by atoms with van der Waals surface area (Å²) in [5.74, 6) is 3.14. The molecular formula is C39H54N2O2. The maximum Gasteiger partial charge on any atom is 0.146 e. The van der Waals surface area contributed by atoms with E-state index in [1.54, 1.807) is 14.2 Å². The van der Waals surface area contributed by atoms with Gasteiger partial charge in [-0.25, -0.2) is 0 Å². The molecule has 4 aromatic carbocycles. The lowest BCUT2D eigenvalue weighted by molar-refractivity contribution is 0.397. The van der Waals surface area contributed by atoms with Crippen molar-refractivity contribution < 1.29 is 9.47 Å². The number of hydrogen-bond donors (Lipinski definition) is 0. The number of benzene rings is 4. The molecule has 0 bridgehead atoms. The third kappa shape index (κ3) is 12.5. The Morgan fingerprint density at radius 2 is 0.884 bits per heavy atom. The summed E-state index contributed by atoms with van der Waals surface area (Å²) in [5.41, 5.74) is 9.27. The van der Waals surface area contributed by atoms with Gasteiger partial charge in [0.1, 0.15) is 17.2 Å². The molecule has 0 fully saturated rings. The molecule has 0 N–H and O–H groups in total. The zero-order chi connectivity index (χ0) is 31.2. The second kappa shape index (κ2) is 18.6. The van der Waals surface area contributed by atoms with Gasteiger partial charge in [0.15, 0.2) is 0 Å². The highest BCUT2D eigenvalue weighted by Crippen LogP contribution is 2.38. The third-order valence-corrected chi connectivity index (χ3v) is 6.95. The molecule has 0 radical (unpaired) electrons. The van der Waals surface area contributed by atoms with E-state index in [9.17, 15) is 0 Å². The van der Waals surface area contributed by atoms with Gasteiger partial charge in [0.25, 0.3) is 0 Å². The average molecular weight is 583 g/mol. The first-order valence-electron chi connectivity index (χ1n) is 14.8. The SMILES string of the molecule is C.COc1cc(C(C)C)c(OC)cc1N=Nc1ccc(C)cc1.Cc1ccc(C(C)C)cc1.Cc1ccc(C(C)C)cc1. The van der Waals surface area contributed by atoms with Crippen molar-refractivity contribution in [1.82, 2.24) is 0 Å². The highest BCUT2D eigenvalue weighted by Gasteiger charge is 2.13. The maximum absolute atomic E-state index is 5.46. The summed E-state index contributed by atoms with van der Waals surface area (Å²) in [4.78, 5) is 0. The van der Waals surface area contributed by atoms with E-state index < -0.39 is 0 Å². The van der Waals surface area contributed by atoms with Crippen molar-refractivity contribution >= 4 is 11.4 Å². The lowest BCUT2D eigenvalue weighted by atomic mass is 10.0. The van der Waals surface area contributed by atoms with E-state index in [2.05, 4.69) is 114 Å². The van der Waals surface area contributed by atoms with E-state index in [1.165, 1.54) is 27.8 Å². The summed E-state index contributed by atoms with van der Waals surface area (Å²) in [7, 11) is 3.30. The van der Waals surface area contributed by atoms with E-state index in [0.717, 1.165) is 17.0 Å². The Morgan fingerprint density at radius 1 is 0.488 bits per heavy atom. The smallest absolute Gasteiger partial charge is 0.146 e. The molecule has 0 spiro atoms. The molecule has 232 valence electrons. The molecule has 0 saturated heterocycles. The molecule has 0 aliphatic heterocycles. The molecular weight excluding hydrogens is 528 g/mol. The van der Waals surface area contributed by atoms with Crippen LogP contribution in [-0.4, -0.2) is 14.2 Å². The summed E-state index contributed by atoms with van der Waals surface area (Å²) in [6.45, 7) is 19.4. The molecule has 0 aliphatic carbocycles. The predicted molar refractivity (Wildman–Crippen MR) is 186 cm³/mol. The second-order valence-corrected chi connectivity index (χ2v) is 11.6. The first kappa shape index (κ1) is 37.1. The van der Waals surface area contributed by atoms with Crippen molar-refractivity contribution in [3.8, 4) is 11.5 Å². The number of nitrogens with zero attached hydrogens (tertiary/aromatic N) is 2. The third-order valence-electron chi connectivity index (χ3n) is 6.95. The van der Waals surface area contributed by atoms with Crippen molar-refractivity contribution in [1.29, 1.82) is 0 Å². The topological polar surface area (TPSA) is 43.2 Å². The van der Waals surface area contributed by atoms with Gasteiger partial charge in [-0.1, -0.05) is 126 Å². The average Bonchev–Trinajstić information content (AvgIpc) is 2.97. The fraction of sp³-hybridized carbons (Fsp3) is 0.385. The van der Waals surface area contributed by atoms with Crippen molar-refractivity contribution in [3.05, 3.63) is 118 Å². The van der Waals surface area contributed by atoms with Crippen LogP contribution in [0.3, 0.4) is 0 Å². The minimum Gasteiger partial charge on any atom is -0.496 e. The van der Waals surface area contributed by atoms with Gasteiger partial charge in [-0.2, -0.15) is 5.11 Å². The Bertz CT molecular complexity index is 1320. The van der Waals surface area contributed by atoms with E-state index in [4.69, 9.17) is 9.47 Å². The van der Waals surface area contributed by atoms with Gasteiger partial charge in [-0.3, -0.25) is 0 Å². The summed E-state index contributed by atoms with van der Waals surface area (Å²) in [6.07, 6.45) is 0. The second-order valence-electron chi connectivity index (χ2n) is 11.6. The van der Waals surface area contributed by atoms with Crippen LogP contribution in [0.5, 0.6) is 11.5 Å². The molecule has 4 nitrogen and oxygen atoms in total. The lowest BCUT2D eigenvalue weighted by Crippen LogP contribution is -1.96. The lowest BCUT2D eigenvalue weighted by Gasteiger charge is -2.14. The van der Waals surface area contributed by atoms with Crippen LogP contribution in [0.1, 0.15) is 100 Å². The van der Waals surface area contributed by atoms with Crippen molar-refractivity contribution in [2.75, 3.05) is 14.2 Å². The van der Waals surface area contributed by atoms with Crippen molar-refractivity contribution in [2.45, 2.75) is 87.5 Å². The molecule has 0 aromatic heterocycles. The van der Waals surface area contributed by atoms with E-state index >= 15 is 0 Å². The van der Waals surface area contributed by atoms with Crippen LogP contribution in [0.25, 0.3) is 0 Å². The molecule has 43 heavy (non-hydrogen) atoms. The Balaban J connectivity index is 0.000000366. The molecule has 0 saturated carbocycles. The first-order chi connectivity index (χ1) is 19.9. The molecule has 0 unspecified atom stereocenters. The van der Waals surface area contributed by atoms with Crippen LogP contribution < -0.4 is 9.47 Å². The van der Waals surface area contributed by atoms with Crippen LogP contribution in [-0.2, 0) is 0 Å². The summed E-state index contributed by atoms with van der Waals surface area (Å²) in [6, 6.07) is 29.1. The predicted octanol–water partition coefficient (Wildman–Crippen LogP) is 12.4. The first-order valence-corrected chi connectivity index (χ1v) is 14.8. The number of rotatable bonds is 7. The monoisotopic (exact) mass is 582 g/mol. The summed E-state index contributed by atoms with van der Waals surface area (Å²) >= 11 is 0. The van der Waals surface area contributed by atoms with E-state index in [1.807, 2.05) is 43.3 Å². The molecule has 0 amide bonds. The molecule has 0 atom stereocenters. The highest BCUT2D eigenvalue weighted by atomic mass is 16.5. The van der Waals surface area contributed by atoms with Crippen molar-refractivity contribution in [3.63, 3.8) is 0 Å². The Labute approximate surface area is 262 Å². The van der Waals surface area contributed by atoms with E-state index in [-0.39, 0.29) is 7.43 Å². The standard InChI is InChI=1S/C18H22N2O2.2C10H14.CH4/c1-12(2)15-10-18(22-5)16(11-17(15)21-4)20-19-14-8-6-13(3)7-9-14;2*1-8(2)10-6-4-9(3)5-7-10;/h6-12H,1-5H3;2*4-8H,1-3H3;1H4. The van der Waals surface area contributed by atoms with Crippen LogP contribution in [0.4, 0.5) is 11.4 Å². The number of aryl methyl sites for hydroxylation is 3. The van der Waals surface area contributed by atoms with Crippen molar-refractivity contribution in [2.24, 2.45) is 10.2 Å². The van der Waals surface area contributed by atoms with Crippen LogP contribution in [0.2, 0.25) is 0 Å². The van der Waals surface area contributed by atoms with Gasteiger partial charge >= 0.3 is 0 Å². The number of hydrogen-bond acceptors (Lipinski definition) is 4. The molecule has 4 aromatic rings. The van der Waals surface area contributed by atoms with Gasteiger partial charge in [0, 0.05) is 11.6 Å². The van der Waals surface area contributed by atoms with Gasteiger partial charge in [0.2, 0.25) is 0 Å². The van der Waals surface area contributed by atoms with Crippen LogP contribution in [0, 0.1) is 20.8 Å². The largest absolute Gasteiger partial charge is 0.496 e. The number of azo groups is 1. The Morgan fingerprint density at radius 3 is 1.23 bits per heavy atom. The zero-order valence-corrected chi connectivity index (χ0v) is 27.5. The molecule has 4 rings (SSSR count). The minimum absolute atomic E-state index is 0. The molecule has 0 aliphatic rings. The minimum atomic E-state index is 0. The van der Waals surface area contributed by atoms with Gasteiger partial charge in [-0.05, 0) is 67.9 Å². The number of methoxy groups -OCH3 is 2. The number of ether oxygens (including phenoxy) is 2. The normalized spacial score (nSPS) is 10.6. The Kier molecular flexibility index (Phi) is 16.0. The fourth-order valence-corrected chi connectivity index (χ4v) is 4.06. The van der Waals surface area contributed by atoms with Gasteiger partial charge in [0.05, 0.1) is 19.9 Å². The van der Waals surface area contributed by atoms with Crippen LogP contribution >= 0.6 is 0 Å². The quantitative estimate of drug-likeness (QED) is 0.203. The maximum atomic E-state index is 5.46. The molecule has 0 heterocycles. The van der Waals surface area contributed by atoms with Crippen LogP contribution in [0.15, 0.2) is 95.2 Å².